The predicted molar refractivity (Wildman–Crippen MR) is 135 cm³/mol. The number of allylic oxidation sites excluding steroid dienone is 1. The number of aromatic nitrogens is 1. The van der Waals surface area contributed by atoms with Crippen molar-refractivity contribution in [2.75, 3.05) is 5.32 Å². The smallest absolute Gasteiger partial charge is 0.131 e. The van der Waals surface area contributed by atoms with Crippen LogP contribution in [0.4, 0.5) is 5.69 Å². The number of aryl methyl sites for hydroxylation is 1. The number of rotatable bonds is 3. The van der Waals surface area contributed by atoms with Gasteiger partial charge in [-0.25, -0.2) is 4.98 Å². The Hall–Kier alpha value is -1.43. The van der Waals surface area contributed by atoms with Gasteiger partial charge in [-0.2, -0.15) is 0 Å². The van der Waals surface area contributed by atoms with Gasteiger partial charge in [-0.1, -0.05) is 22.0 Å². The van der Waals surface area contributed by atoms with Crippen molar-refractivity contribution in [2.45, 2.75) is 36.4 Å². The molecule has 0 saturated carbocycles. The first-order chi connectivity index (χ1) is 14.4. The summed E-state index contributed by atoms with van der Waals surface area (Å²) in [7, 11) is 33.8. The Morgan fingerprint density at radius 1 is 1.29 bits per heavy atom. The third kappa shape index (κ3) is 5.15. The van der Waals surface area contributed by atoms with E-state index in [1.807, 2.05) is 25.1 Å². The van der Waals surface area contributed by atoms with E-state index in [0.717, 1.165) is 27.2 Å². The first kappa shape index (κ1) is 24.2. The Morgan fingerprint density at radius 3 is 2.65 bits per heavy atom. The lowest BCUT2D eigenvalue weighted by Gasteiger charge is -2.48. The van der Waals surface area contributed by atoms with Crippen LogP contribution in [0.1, 0.15) is 17.7 Å². The summed E-state index contributed by atoms with van der Waals surface area (Å²) in [5, 5.41) is 3.39. The van der Waals surface area contributed by atoms with Crippen LogP contribution in [0.2, 0.25) is 15.6 Å². The minimum absolute atomic E-state index is 0.0660. The minimum Gasteiger partial charge on any atom is -0.467 e. The molecule has 4 rings (SSSR count). The maximum atomic E-state index is 6.04. The van der Waals surface area contributed by atoms with Crippen LogP contribution < -0.4 is 11.1 Å². The van der Waals surface area contributed by atoms with Gasteiger partial charge in [0.05, 0.1) is 60.1 Å². The van der Waals surface area contributed by atoms with Gasteiger partial charge in [0.25, 0.3) is 0 Å². The van der Waals surface area contributed by atoms with Crippen molar-refractivity contribution in [1.82, 2.24) is 4.98 Å². The standard InChI is InChI=1S/C13H11ClN2OS.C6H5B6N/c1-8-7-18-13-10(5-11(14)16-12(8)13)15-6-9-3-2-4-17-9;7-3-4(8)6(11,12)2(13)1-5(3,9)10/h2-5,7H,6H2,1H3,(H,15,16);2H,1,13H2. The molecule has 1 atom stereocenters. The highest BCUT2D eigenvalue weighted by Gasteiger charge is 2.38. The topological polar surface area (TPSA) is 64.1 Å². The van der Waals surface area contributed by atoms with Crippen molar-refractivity contribution in [1.29, 1.82) is 0 Å². The number of fused-ring (bicyclic) bond motifs is 1. The lowest BCUT2D eigenvalue weighted by molar-refractivity contribution is 0.518. The zero-order chi connectivity index (χ0) is 23.0. The van der Waals surface area contributed by atoms with Crippen LogP contribution in [0, 0.1) is 6.92 Å². The molecule has 0 aliphatic heterocycles. The molecule has 0 saturated heterocycles. The molecule has 0 amide bonds. The molecule has 0 bridgehead atoms. The van der Waals surface area contributed by atoms with E-state index in [-0.39, 0.29) is 17.4 Å². The van der Waals surface area contributed by atoms with Crippen LogP contribution in [0.5, 0.6) is 0 Å². The summed E-state index contributed by atoms with van der Waals surface area (Å²) in [4.78, 5) is 4.35. The third-order valence-corrected chi connectivity index (χ3v) is 6.45. The van der Waals surface area contributed by atoms with Gasteiger partial charge in [0.1, 0.15) is 26.6 Å². The van der Waals surface area contributed by atoms with E-state index in [1.54, 1.807) is 17.6 Å². The SMILES string of the molecule is Cc1csc2c(NCc3ccco3)cc(Cl)nc12.[B]C1=C([B])C([B])([B])C(N)CC1([B])[B]. The van der Waals surface area contributed by atoms with Crippen molar-refractivity contribution in [3.8, 4) is 0 Å². The Morgan fingerprint density at radius 2 is 2.00 bits per heavy atom. The minimum atomic E-state index is -1.33. The molecule has 1 aliphatic rings. The van der Waals surface area contributed by atoms with Crippen molar-refractivity contribution in [3.05, 3.63) is 57.3 Å². The second-order valence-electron chi connectivity index (χ2n) is 7.63. The number of hydrogen-bond donors (Lipinski definition) is 2. The van der Waals surface area contributed by atoms with Gasteiger partial charge in [-0.15, -0.1) is 22.3 Å². The molecule has 3 aromatic heterocycles. The molecule has 144 valence electrons. The molecule has 3 heterocycles. The summed E-state index contributed by atoms with van der Waals surface area (Å²) in [5.41, 5.74) is 8.96. The molecule has 0 spiro atoms. The molecule has 12 heteroatoms. The summed E-state index contributed by atoms with van der Waals surface area (Å²) in [6, 6.07) is 5.06. The Balaban J connectivity index is 0.000000187. The number of nitrogens with zero attached hydrogens (tertiary/aromatic N) is 1. The zero-order valence-corrected chi connectivity index (χ0v) is 18.6. The molecule has 0 aromatic carbocycles. The predicted octanol–water partition coefficient (Wildman–Crippen LogP) is 2.64. The van der Waals surface area contributed by atoms with Crippen LogP contribution in [-0.4, -0.2) is 58.1 Å². The van der Waals surface area contributed by atoms with Crippen LogP contribution in [0.3, 0.4) is 0 Å². The molecule has 3 aromatic rings. The number of furan rings is 1. The quantitative estimate of drug-likeness (QED) is 0.491. The van der Waals surface area contributed by atoms with Crippen LogP contribution in [-0.2, 0) is 6.54 Å². The largest absolute Gasteiger partial charge is 0.467 e. The lowest BCUT2D eigenvalue weighted by atomic mass is 9.31. The van der Waals surface area contributed by atoms with Gasteiger partial charge in [0.2, 0.25) is 0 Å². The summed E-state index contributed by atoms with van der Waals surface area (Å²) in [6.45, 7) is 2.68. The van der Waals surface area contributed by atoms with Gasteiger partial charge in [-0.3, -0.25) is 0 Å². The molecule has 3 N–H and O–H groups in total. The van der Waals surface area contributed by atoms with Gasteiger partial charge in [-0.05, 0) is 42.5 Å². The average Bonchev–Trinajstić information content (AvgIpc) is 3.34. The zero-order valence-electron chi connectivity index (χ0n) is 17.1. The number of thiophene rings is 1. The lowest BCUT2D eigenvalue weighted by Crippen LogP contribution is -2.46. The highest BCUT2D eigenvalue weighted by molar-refractivity contribution is 7.18. The van der Waals surface area contributed by atoms with Gasteiger partial charge < -0.3 is 15.5 Å². The maximum Gasteiger partial charge on any atom is 0.131 e. The molecular weight excluding hydrogens is 419 g/mol. The number of hydrogen-bond acceptors (Lipinski definition) is 5. The summed E-state index contributed by atoms with van der Waals surface area (Å²) in [5.74, 6) is 0.893. The van der Waals surface area contributed by atoms with E-state index in [4.69, 9.17) is 68.8 Å². The first-order valence-corrected chi connectivity index (χ1v) is 10.7. The van der Waals surface area contributed by atoms with E-state index >= 15 is 0 Å². The summed E-state index contributed by atoms with van der Waals surface area (Å²) < 4.78 is 6.42. The van der Waals surface area contributed by atoms with Gasteiger partial charge >= 0.3 is 0 Å². The summed E-state index contributed by atoms with van der Waals surface area (Å²) >= 11 is 7.72. The van der Waals surface area contributed by atoms with Gasteiger partial charge in [0.15, 0.2) is 0 Å². The molecule has 4 nitrogen and oxygen atoms in total. The number of nitrogens with one attached hydrogen (secondary N) is 1. The Bertz CT molecular complexity index is 1100. The average molecular weight is 435 g/mol. The number of halogens is 1. The van der Waals surface area contributed by atoms with Crippen LogP contribution in [0.25, 0.3) is 10.2 Å². The van der Waals surface area contributed by atoms with Crippen molar-refractivity contribution in [3.63, 3.8) is 0 Å². The molecule has 12 radical (unpaired) electrons. The normalized spacial score (nSPS) is 19.6. The van der Waals surface area contributed by atoms with E-state index < -0.39 is 16.5 Å². The third-order valence-electron chi connectivity index (χ3n) is 5.13. The summed E-state index contributed by atoms with van der Waals surface area (Å²) in [6.07, 6.45) is 1.87. The highest BCUT2D eigenvalue weighted by atomic mass is 35.5. The van der Waals surface area contributed by atoms with Crippen molar-refractivity contribution < 1.29 is 4.42 Å². The second kappa shape index (κ2) is 9.21. The van der Waals surface area contributed by atoms with E-state index in [9.17, 15) is 0 Å². The fourth-order valence-electron chi connectivity index (χ4n) is 3.15. The molecular formula is C19H16B6ClN3OS. The second-order valence-corrected chi connectivity index (χ2v) is 8.90. The monoisotopic (exact) mass is 435 g/mol. The van der Waals surface area contributed by atoms with Crippen molar-refractivity contribution >= 4 is 85.9 Å². The van der Waals surface area contributed by atoms with Crippen molar-refractivity contribution in [2.24, 2.45) is 5.73 Å². The Kier molecular flexibility index (Phi) is 7.19. The fourth-order valence-corrected chi connectivity index (χ4v) is 4.32. The number of nitrogens with two attached hydrogens (primary N) is 1. The van der Waals surface area contributed by atoms with E-state index in [2.05, 4.69) is 15.7 Å². The maximum absolute atomic E-state index is 6.04. The van der Waals surface area contributed by atoms with E-state index in [0.29, 0.717) is 11.7 Å². The van der Waals surface area contributed by atoms with Crippen LogP contribution in [0.15, 0.2) is 45.2 Å². The van der Waals surface area contributed by atoms with E-state index in [1.165, 1.54) is 0 Å². The molecule has 1 unspecified atom stereocenters. The highest BCUT2D eigenvalue weighted by Crippen LogP contribution is 2.47. The molecule has 0 fully saturated rings. The first-order valence-electron chi connectivity index (χ1n) is 9.41. The number of pyridine rings is 1. The Labute approximate surface area is 199 Å². The molecule has 31 heavy (non-hydrogen) atoms. The molecule has 1 aliphatic carbocycles. The van der Waals surface area contributed by atoms with Crippen LogP contribution >= 0.6 is 22.9 Å². The fraction of sp³-hybridized carbons (Fsp3) is 0.316. The van der Waals surface area contributed by atoms with Gasteiger partial charge in [0, 0.05) is 6.07 Å². The number of anilines is 1.